The summed E-state index contributed by atoms with van der Waals surface area (Å²) in [6.45, 7) is 33.4. The minimum Gasteiger partial charge on any atom is -0.375 e. The van der Waals surface area contributed by atoms with Crippen molar-refractivity contribution < 1.29 is 22.7 Å². The Hall–Kier alpha value is -2.71. The molecular weight excluding hydrogens is 720 g/mol. The van der Waals surface area contributed by atoms with E-state index in [1.165, 1.54) is 36.7 Å². The van der Waals surface area contributed by atoms with Gasteiger partial charge in [0.25, 0.3) is 0 Å². The third kappa shape index (κ3) is 22.3. The Bertz CT molecular complexity index is 1420. The van der Waals surface area contributed by atoms with Gasteiger partial charge in [0.2, 0.25) is 0 Å². The van der Waals surface area contributed by atoms with Crippen molar-refractivity contribution in [3.05, 3.63) is 52.8 Å². The number of aryl methyl sites for hydroxylation is 2. The number of aromatic nitrogens is 2. The first-order chi connectivity index (χ1) is 27.1. The second-order valence-electron chi connectivity index (χ2n) is 15.0. The number of hydrogen-bond donors (Lipinski definition) is 1. The third-order valence-electron chi connectivity index (χ3n) is 10.2. The zero-order chi connectivity index (χ0) is 44.8. The summed E-state index contributed by atoms with van der Waals surface area (Å²) in [5.74, 6) is 1.37. The number of pyridine rings is 1. The first-order valence-corrected chi connectivity index (χ1v) is 22.4. The predicted molar refractivity (Wildman–Crippen MR) is 245 cm³/mol. The molecule has 1 saturated carbocycles. The summed E-state index contributed by atoms with van der Waals surface area (Å²) in [4.78, 5) is 14.4. The molecule has 5 nitrogen and oxygen atoms in total. The zero-order valence-electron chi connectivity index (χ0n) is 40.0. The molecule has 1 unspecified atom stereocenters. The van der Waals surface area contributed by atoms with Gasteiger partial charge in [0.15, 0.2) is 0 Å². The van der Waals surface area contributed by atoms with Gasteiger partial charge in [-0.25, -0.2) is 0 Å². The molecule has 2 heterocycles. The number of alkyl halides is 3. The van der Waals surface area contributed by atoms with E-state index in [0.717, 1.165) is 72.1 Å². The summed E-state index contributed by atoms with van der Waals surface area (Å²) in [6, 6.07) is 7.71. The molecule has 332 valence electrons. The predicted octanol–water partition coefficient (Wildman–Crippen LogP) is 15.3. The Balaban J connectivity index is -0.000000986. The molecule has 0 saturated heterocycles. The quantitative estimate of drug-likeness (QED) is 0.130. The first-order valence-electron chi connectivity index (χ1n) is 22.4. The van der Waals surface area contributed by atoms with Gasteiger partial charge in [-0.05, 0) is 100 Å². The van der Waals surface area contributed by atoms with Crippen LogP contribution in [0.15, 0.2) is 30.5 Å². The van der Waals surface area contributed by atoms with Gasteiger partial charge in [0.1, 0.15) is 12.8 Å². The van der Waals surface area contributed by atoms with E-state index in [1.54, 1.807) is 13.3 Å². The average Bonchev–Trinajstić information content (AvgIpc) is 3.47. The highest BCUT2D eigenvalue weighted by Gasteiger charge is 2.34. The standard InChI is InChI=1S/C27H35F3N2O.C6H14.C5H13N.C5H8O.3C2H6/c1-8-19-13-21(24(31-15-19)18(4)33-7)25-22(14-26(5,6)9-2)20-12-17(3)10-11-23(20)32(25)16-27(28,29)30;1-4-6(3)5-2;1-3-4-5-6-2;6-4-5-2-1-3-5;3*1-2/h10-13,15,18H,8-9,14,16H2,1-7H3;6H,4-5H2,1-3H3;6H,3-5H2,1-2H3;4-5H,1-3H2;3*1-2H3. The Morgan fingerprint density at radius 2 is 1.54 bits per heavy atom. The number of fused-ring (bicyclic) bond motifs is 1. The molecule has 1 aliphatic rings. The largest absolute Gasteiger partial charge is 0.406 e. The van der Waals surface area contributed by atoms with Gasteiger partial charge in [-0.15, -0.1) is 0 Å². The normalized spacial score (nSPS) is 12.6. The number of nitrogens with zero attached hydrogens (tertiary/aromatic N) is 2. The Morgan fingerprint density at radius 1 is 0.965 bits per heavy atom. The zero-order valence-corrected chi connectivity index (χ0v) is 40.0. The molecule has 0 aliphatic heterocycles. The van der Waals surface area contributed by atoms with E-state index in [-0.39, 0.29) is 11.5 Å². The maximum Gasteiger partial charge on any atom is 0.406 e. The summed E-state index contributed by atoms with van der Waals surface area (Å²) in [5.41, 5.74) is 5.49. The van der Waals surface area contributed by atoms with Crippen molar-refractivity contribution in [2.75, 3.05) is 20.7 Å². The summed E-state index contributed by atoms with van der Waals surface area (Å²) in [7, 11) is 3.58. The van der Waals surface area contributed by atoms with E-state index in [0.29, 0.717) is 29.2 Å². The SMILES string of the molecule is CC.CC.CC.CCC(C)CC.CCCCNC.CCc1cnc(C(C)OC)c(-c2c(CC(C)(C)CC)c3cc(C)ccc3n2CC(F)(F)F)c1.O=CC1CCC1. The maximum atomic E-state index is 13.9. The lowest BCUT2D eigenvalue weighted by Gasteiger charge is -2.25. The fraction of sp³-hybridized carbons (Fsp3) is 0.714. The van der Waals surface area contributed by atoms with Crippen LogP contribution in [-0.2, 0) is 28.9 Å². The lowest BCUT2D eigenvalue weighted by atomic mass is 9.81. The molecule has 2 aromatic heterocycles. The van der Waals surface area contributed by atoms with Gasteiger partial charge < -0.3 is 19.4 Å². The molecule has 0 amide bonds. The van der Waals surface area contributed by atoms with Gasteiger partial charge in [-0.1, -0.05) is 141 Å². The van der Waals surface area contributed by atoms with Crippen LogP contribution in [0.2, 0.25) is 0 Å². The molecular formula is C49H88F3N3O2. The summed E-state index contributed by atoms with van der Waals surface area (Å²) >= 11 is 0. The lowest BCUT2D eigenvalue weighted by molar-refractivity contribution is -0.139. The van der Waals surface area contributed by atoms with Crippen molar-refractivity contribution >= 4 is 17.2 Å². The van der Waals surface area contributed by atoms with Gasteiger partial charge in [-0.2, -0.15) is 13.2 Å². The number of carbonyl (C=O) groups excluding carboxylic acids is 1. The van der Waals surface area contributed by atoms with Crippen molar-refractivity contribution in [2.45, 2.75) is 194 Å². The van der Waals surface area contributed by atoms with Gasteiger partial charge >= 0.3 is 6.18 Å². The molecule has 1 N–H and O–H groups in total. The van der Waals surface area contributed by atoms with Crippen molar-refractivity contribution in [1.29, 1.82) is 0 Å². The number of ether oxygens (including phenoxy) is 1. The highest BCUT2D eigenvalue weighted by atomic mass is 19.4. The van der Waals surface area contributed by atoms with Crippen LogP contribution >= 0.6 is 0 Å². The van der Waals surface area contributed by atoms with E-state index < -0.39 is 12.7 Å². The molecule has 0 bridgehead atoms. The van der Waals surface area contributed by atoms with Gasteiger partial charge in [-0.3, -0.25) is 4.98 Å². The van der Waals surface area contributed by atoms with Crippen LogP contribution < -0.4 is 5.32 Å². The highest BCUT2D eigenvalue weighted by molar-refractivity contribution is 5.93. The van der Waals surface area contributed by atoms with Crippen LogP contribution in [0.3, 0.4) is 0 Å². The molecule has 8 heteroatoms. The fourth-order valence-corrected chi connectivity index (χ4v) is 5.53. The van der Waals surface area contributed by atoms with Gasteiger partial charge in [0.05, 0.1) is 17.5 Å². The summed E-state index contributed by atoms with van der Waals surface area (Å²) in [6.07, 6.45) is 9.29. The van der Waals surface area contributed by atoms with Crippen molar-refractivity contribution in [3.63, 3.8) is 0 Å². The van der Waals surface area contributed by atoms with Crippen LogP contribution in [0.5, 0.6) is 0 Å². The molecule has 0 radical (unpaired) electrons. The molecule has 1 atom stereocenters. The van der Waals surface area contributed by atoms with Crippen molar-refractivity contribution in [1.82, 2.24) is 14.9 Å². The highest BCUT2D eigenvalue weighted by Crippen LogP contribution is 2.42. The number of rotatable bonds is 14. The Labute approximate surface area is 349 Å². The second kappa shape index (κ2) is 33.2. The van der Waals surface area contributed by atoms with Crippen molar-refractivity contribution in [3.8, 4) is 11.3 Å². The number of aldehydes is 1. The van der Waals surface area contributed by atoms with E-state index in [4.69, 9.17) is 4.74 Å². The Morgan fingerprint density at radius 3 is 1.89 bits per heavy atom. The number of unbranched alkanes of at least 4 members (excludes halogenated alkanes) is 1. The number of carbonyl (C=O) groups is 1. The van der Waals surface area contributed by atoms with E-state index in [2.05, 4.69) is 58.8 Å². The molecule has 57 heavy (non-hydrogen) atoms. The van der Waals surface area contributed by atoms with E-state index in [9.17, 15) is 18.0 Å². The van der Waals surface area contributed by atoms with E-state index in [1.807, 2.05) is 93.6 Å². The lowest BCUT2D eigenvalue weighted by Crippen LogP contribution is -2.20. The minimum absolute atomic E-state index is 0.0708. The number of nitrogens with one attached hydrogen (secondary N) is 1. The van der Waals surface area contributed by atoms with Crippen molar-refractivity contribution in [2.24, 2.45) is 17.3 Å². The van der Waals surface area contributed by atoms with Crippen LogP contribution in [0.4, 0.5) is 13.2 Å². The average molecular weight is 808 g/mol. The number of hydrogen-bond acceptors (Lipinski definition) is 4. The molecule has 1 aliphatic carbocycles. The second-order valence-corrected chi connectivity index (χ2v) is 15.0. The van der Waals surface area contributed by atoms with Crippen LogP contribution in [-0.4, -0.2) is 42.7 Å². The number of benzene rings is 1. The smallest absolute Gasteiger partial charge is 0.375 e. The Kier molecular flexibility index (Phi) is 34.1. The van der Waals surface area contributed by atoms with Crippen LogP contribution in [0.1, 0.15) is 184 Å². The third-order valence-corrected chi connectivity index (χ3v) is 10.2. The first kappa shape index (κ1) is 58.6. The van der Waals surface area contributed by atoms with E-state index >= 15 is 0 Å². The maximum absolute atomic E-state index is 13.9. The molecule has 3 aromatic rings. The minimum atomic E-state index is -4.36. The topological polar surface area (TPSA) is 56.2 Å². The van der Waals surface area contributed by atoms with Crippen LogP contribution in [0.25, 0.3) is 22.2 Å². The molecule has 0 spiro atoms. The molecule has 1 aromatic carbocycles. The monoisotopic (exact) mass is 808 g/mol. The number of halogens is 3. The van der Waals surface area contributed by atoms with Crippen LogP contribution in [0, 0.1) is 24.2 Å². The molecule has 4 rings (SSSR count). The molecule has 1 fully saturated rings. The fourth-order valence-electron chi connectivity index (χ4n) is 5.53. The number of methoxy groups -OCH3 is 1. The summed E-state index contributed by atoms with van der Waals surface area (Å²) in [5, 5.41) is 3.95. The van der Waals surface area contributed by atoms with Gasteiger partial charge in [0, 0.05) is 35.7 Å². The summed E-state index contributed by atoms with van der Waals surface area (Å²) < 4.78 is 48.6.